The minimum absolute atomic E-state index is 0.116. The van der Waals surface area contributed by atoms with Gasteiger partial charge in [0.2, 0.25) is 0 Å². The summed E-state index contributed by atoms with van der Waals surface area (Å²) in [4.78, 5) is 3.18. The van der Waals surface area contributed by atoms with Crippen molar-refractivity contribution in [2.24, 2.45) is 5.73 Å². The number of nitrogens with zero attached hydrogens (tertiary/aromatic N) is 1. The second kappa shape index (κ2) is 3.51. The molecule has 0 aliphatic heterocycles. The lowest BCUT2D eigenvalue weighted by Crippen LogP contribution is -2.10. The molecule has 0 radical (unpaired) electrons. The molecule has 6 heteroatoms. The lowest BCUT2D eigenvalue weighted by molar-refractivity contribution is -0.141. The third-order valence-corrected chi connectivity index (χ3v) is 1.69. The first-order chi connectivity index (χ1) is 5.95. The summed E-state index contributed by atoms with van der Waals surface area (Å²) in [5.74, 6) is 0. The van der Waals surface area contributed by atoms with E-state index in [4.69, 9.17) is 17.3 Å². The van der Waals surface area contributed by atoms with E-state index in [1.165, 1.54) is 0 Å². The van der Waals surface area contributed by atoms with Gasteiger partial charge in [-0.25, -0.2) is 4.98 Å². The molecule has 0 atom stereocenters. The van der Waals surface area contributed by atoms with Gasteiger partial charge in [-0.3, -0.25) is 0 Å². The summed E-state index contributed by atoms with van der Waals surface area (Å²) in [5.41, 5.74) is 4.59. The molecular weight excluding hydrogens is 205 g/mol. The predicted molar refractivity (Wildman–Crippen MR) is 42.1 cm³/mol. The first-order valence-corrected chi connectivity index (χ1v) is 3.74. The molecular formula is C7H6ClF3N2. The number of hydrogen-bond acceptors (Lipinski definition) is 2. The van der Waals surface area contributed by atoms with E-state index in [1.807, 2.05) is 0 Å². The Balaban J connectivity index is 3.13. The normalized spacial score (nSPS) is 11.8. The highest BCUT2D eigenvalue weighted by Crippen LogP contribution is 2.32. The largest absolute Gasteiger partial charge is 0.434 e. The lowest BCUT2D eigenvalue weighted by atomic mass is 10.2. The first kappa shape index (κ1) is 10.3. The third kappa shape index (κ3) is 2.32. The summed E-state index contributed by atoms with van der Waals surface area (Å²) in [6.07, 6.45) is -3.45. The maximum atomic E-state index is 12.1. The molecule has 0 bridgehead atoms. The van der Waals surface area contributed by atoms with Crippen LogP contribution in [0.5, 0.6) is 0 Å². The van der Waals surface area contributed by atoms with Crippen LogP contribution in [0.15, 0.2) is 12.3 Å². The van der Waals surface area contributed by atoms with E-state index in [0.717, 1.165) is 12.3 Å². The molecule has 13 heavy (non-hydrogen) atoms. The van der Waals surface area contributed by atoms with Crippen LogP contribution >= 0.6 is 11.6 Å². The monoisotopic (exact) mass is 210 g/mol. The van der Waals surface area contributed by atoms with Gasteiger partial charge in [-0.05, 0) is 11.6 Å². The molecule has 0 aliphatic carbocycles. The number of pyridine rings is 1. The molecule has 1 aromatic rings. The van der Waals surface area contributed by atoms with Crippen molar-refractivity contribution in [3.05, 3.63) is 28.5 Å². The summed E-state index contributed by atoms with van der Waals surface area (Å²) >= 11 is 5.35. The molecule has 1 rings (SSSR count). The van der Waals surface area contributed by atoms with Crippen molar-refractivity contribution >= 4 is 11.6 Å². The van der Waals surface area contributed by atoms with Gasteiger partial charge in [-0.15, -0.1) is 0 Å². The molecule has 0 amide bonds. The standard InChI is InChI=1S/C7H6ClF3N2/c8-5-1-4(2-12)3-13-6(5)7(9,10)11/h1,3H,2,12H2. The molecule has 0 saturated heterocycles. The molecule has 0 aliphatic rings. The van der Waals surface area contributed by atoms with Crippen LogP contribution in [0.2, 0.25) is 5.02 Å². The van der Waals surface area contributed by atoms with E-state index in [-0.39, 0.29) is 6.54 Å². The zero-order chi connectivity index (χ0) is 10.1. The van der Waals surface area contributed by atoms with E-state index >= 15 is 0 Å². The average molecular weight is 211 g/mol. The summed E-state index contributed by atoms with van der Waals surface area (Å²) in [6.45, 7) is 0.116. The maximum Gasteiger partial charge on any atom is 0.434 e. The van der Waals surface area contributed by atoms with E-state index in [1.54, 1.807) is 0 Å². The number of hydrogen-bond donors (Lipinski definition) is 1. The van der Waals surface area contributed by atoms with Crippen molar-refractivity contribution in [2.75, 3.05) is 0 Å². The van der Waals surface area contributed by atoms with Crippen LogP contribution in [0.4, 0.5) is 13.2 Å². The van der Waals surface area contributed by atoms with Gasteiger partial charge >= 0.3 is 6.18 Å². The van der Waals surface area contributed by atoms with E-state index < -0.39 is 16.9 Å². The maximum absolute atomic E-state index is 12.1. The van der Waals surface area contributed by atoms with Gasteiger partial charge in [0.1, 0.15) is 0 Å². The molecule has 0 saturated carbocycles. The van der Waals surface area contributed by atoms with Gasteiger partial charge in [0.15, 0.2) is 5.69 Å². The lowest BCUT2D eigenvalue weighted by Gasteiger charge is -2.07. The van der Waals surface area contributed by atoms with Crippen molar-refractivity contribution in [3.63, 3.8) is 0 Å². The number of aromatic nitrogens is 1. The third-order valence-electron chi connectivity index (χ3n) is 1.40. The minimum atomic E-state index is -4.51. The molecule has 72 valence electrons. The van der Waals surface area contributed by atoms with E-state index in [0.29, 0.717) is 5.56 Å². The topological polar surface area (TPSA) is 38.9 Å². The highest BCUT2D eigenvalue weighted by atomic mass is 35.5. The Morgan fingerprint density at radius 1 is 1.46 bits per heavy atom. The van der Waals surface area contributed by atoms with Crippen LogP contribution in [0, 0.1) is 0 Å². The van der Waals surface area contributed by atoms with Crippen LogP contribution in [0.1, 0.15) is 11.3 Å². The molecule has 1 aromatic heterocycles. The number of rotatable bonds is 1. The summed E-state index contributed by atoms with van der Waals surface area (Å²) < 4.78 is 36.3. The zero-order valence-corrected chi connectivity index (χ0v) is 7.15. The number of alkyl halides is 3. The highest BCUT2D eigenvalue weighted by molar-refractivity contribution is 6.31. The Bertz CT molecular complexity index is 311. The number of halogens is 4. The quantitative estimate of drug-likeness (QED) is 0.772. The van der Waals surface area contributed by atoms with E-state index in [9.17, 15) is 13.2 Å². The van der Waals surface area contributed by atoms with E-state index in [2.05, 4.69) is 4.98 Å². The van der Waals surface area contributed by atoms with Crippen molar-refractivity contribution in [3.8, 4) is 0 Å². The smallest absolute Gasteiger partial charge is 0.326 e. The Kier molecular flexibility index (Phi) is 2.77. The molecule has 0 aromatic carbocycles. The fraction of sp³-hybridized carbons (Fsp3) is 0.286. The fourth-order valence-electron chi connectivity index (χ4n) is 0.798. The average Bonchev–Trinajstić information content (AvgIpc) is 2.01. The molecule has 0 fully saturated rings. The molecule has 2 N–H and O–H groups in total. The first-order valence-electron chi connectivity index (χ1n) is 3.37. The summed E-state index contributed by atoms with van der Waals surface area (Å²) in [6, 6.07) is 1.16. The Labute approximate surface area is 77.5 Å². The number of nitrogens with two attached hydrogens (primary N) is 1. The van der Waals surface area contributed by atoms with Crippen molar-refractivity contribution in [1.29, 1.82) is 0 Å². The van der Waals surface area contributed by atoms with Gasteiger partial charge in [0, 0.05) is 12.7 Å². The molecule has 0 spiro atoms. The predicted octanol–water partition coefficient (Wildman–Crippen LogP) is 2.21. The fourth-order valence-corrected chi connectivity index (χ4v) is 1.09. The Hall–Kier alpha value is -0.810. The SMILES string of the molecule is NCc1cnc(C(F)(F)F)c(Cl)c1. The van der Waals surface area contributed by atoms with Crippen molar-refractivity contribution in [2.45, 2.75) is 12.7 Å². The Morgan fingerprint density at radius 2 is 2.08 bits per heavy atom. The second-order valence-corrected chi connectivity index (χ2v) is 2.78. The second-order valence-electron chi connectivity index (χ2n) is 2.38. The van der Waals surface area contributed by atoms with Gasteiger partial charge in [-0.1, -0.05) is 11.6 Å². The molecule has 0 unspecified atom stereocenters. The van der Waals surface area contributed by atoms with Gasteiger partial charge < -0.3 is 5.73 Å². The summed E-state index contributed by atoms with van der Waals surface area (Å²) in [7, 11) is 0. The van der Waals surface area contributed by atoms with Gasteiger partial charge in [-0.2, -0.15) is 13.2 Å². The van der Waals surface area contributed by atoms with Gasteiger partial charge in [0.25, 0.3) is 0 Å². The van der Waals surface area contributed by atoms with Crippen molar-refractivity contribution < 1.29 is 13.2 Å². The molecule has 2 nitrogen and oxygen atoms in total. The van der Waals surface area contributed by atoms with Crippen LogP contribution < -0.4 is 5.73 Å². The van der Waals surface area contributed by atoms with Crippen LogP contribution in [0.3, 0.4) is 0 Å². The minimum Gasteiger partial charge on any atom is -0.326 e. The van der Waals surface area contributed by atoms with Gasteiger partial charge in [0.05, 0.1) is 5.02 Å². The van der Waals surface area contributed by atoms with Crippen LogP contribution in [0.25, 0.3) is 0 Å². The molecule has 1 heterocycles. The van der Waals surface area contributed by atoms with Crippen LogP contribution in [-0.4, -0.2) is 4.98 Å². The zero-order valence-electron chi connectivity index (χ0n) is 6.40. The highest BCUT2D eigenvalue weighted by Gasteiger charge is 2.34. The Morgan fingerprint density at radius 3 is 2.46 bits per heavy atom. The summed E-state index contributed by atoms with van der Waals surface area (Å²) in [5, 5.41) is -0.421. The van der Waals surface area contributed by atoms with Crippen LogP contribution in [-0.2, 0) is 12.7 Å². The van der Waals surface area contributed by atoms with Crippen molar-refractivity contribution in [1.82, 2.24) is 4.98 Å².